The number of fused-ring (bicyclic) bond motifs is 1. The molecule has 6 nitrogen and oxygen atoms in total. The third-order valence-electron chi connectivity index (χ3n) is 3.71. The van der Waals surface area contributed by atoms with Gasteiger partial charge in [0.1, 0.15) is 11.3 Å². The van der Waals surface area contributed by atoms with Crippen molar-refractivity contribution in [1.29, 1.82) is 0 Å². The van der Waals surface area contributed by atoms with E-state index in [0.717, 1.165) is 0 Å². The molecule has 0 aliphatic heterocycles. The Bertz CT molecular complexity index is 946. The van der Waals surface area contributed by atoms with Crippen molar-refractivity contribution in [2.45, 2.75) is 6.23 Å². The van der Waals surface area contributed by atoms with Gasteiger partial charge in [-0.25, -0.2) is 0 Å². The second-order valence-electron chi connectivity index (χ2n) is 5.30. The zero-order valence-corrected chi connectivity index (χ0v) is 14.0. The molecule has 7 heteroatoms. The van der Waals surface area contributed by atoms with Gasteiger partial charge in [-0.3, -0.25) is 9.78 Å². The first-order chi connectivity index (χ1) is 12.0. The predicted octanol–water partition coefficient (Wildman–Crippen LogP) is 3.22. The molecule has 3 rings (SSSR count). The molecule has 0 aliphatic rings. The van der Waals surface area contributed by atoms with Gasteiger partial charge in [-0.2, -0.15) is 0 Å². The largest absolute Gasteiger partial charge is 0.504 e. The van der Waals surface area contributed by atoms with Gasteiger partial charge in [0.15, 0.2) is 12.0 Å². The predicted molar refractivity (Wildman–Crippen MR) is 95.4 cm³/mol. The van der Waals surface area contributed by atoms with Gasteiger partial charge >= 0.3 is 0 Å². The minimum Gasteiger partial charge on any atom is -0.504 e. The molecule has 3 aromatic rings. The van der Waals surface area contributed by atoms with Gasteiger partial charge in [-0.15, -0.1) is 0 Å². The number of ether oxygens (including phenoxy) is 1. The monoisotopic (exact) mass is 358 g/mol. The number of pyridine rings is 1. The van der Waals surface area contributed by atoms with Gasteiger partial charge in [0.05, 0.1) is 17.8 Å². The van der Waals surface area contributed by atoms with Crippen LogP contribution in [0.5, 0.6) is 11.5 Å². The van der Waals surface area contributed by atoms with E-state index in [1.54, 1.807) is 30.3 Å². The second kappa shape index (κ2) is 6.96. The summed E-state index contributed by atoms with van der Waals surface area (Å²) in [6.45, 7) is 0. The number of hydrogen-bond donors (Lipinski definition) is 3. The highest BCUT2D eigenvalue weighted by atomic mass is 35.5. The number of carbonyl (C=O) groups excluding carboxylic acids is 1. The lowest BCUT2D eigenvalue weighted by Crippen LogP contribution is -2.29. The lowest BCUT2D eigenvalue weighted by Gasteiger charge is -2.16. The third-order valence-corrected chi connectivity index (χ3v) is 4.02. The van der Waals surface area contributed by atoms with Crippen LogP contribution in [0.25, 0.3) is 10.9 Å². The number of hydrogen-bond acceptors (Lipinski definition) is 6. The number of aromatic hydroxyl groups is 1. The van der Waals surface area contributed by atoms with Crippen molar-refractivity contribution in [2.24, 2.45) is 0 Å². The summed E-state index contributed by atoms with van der Waals surface area (Å²) in [6.07, 6.45) is -0.0600. The molecule has 1 aromatic heterocycles. The zero-order chi connectivity index (χ0) is 18.0. The van der Waals surface area contributed by atoms with E-state index < -0.39 is 12.0 Å². The van der Waals surface area contributed by atoms with Crippen molar-refractivity contribution in [3.63, 3.8) is 0 Å². The standard InChI is InChI=1S/C18H15ClN2O4/c1-25-11-5-2-4-10(8-11)16(22)18(24)21-14-9-13(19)12-6-3-7-20-15(12)17(14)23/h2-9,18,21,23-24H,1H3. The fourth-order valence-corrected chi connectivity index (χ4v) is 2.71. The molecule has 25 heavy (non-hydrogen) atoms. The van der Waals surface area contributed by atoms with E-state index >= 15 is 0 Å². The first-order valence-corrected chi connectivity index (χ1v) is 7.78. The lowest BCUT2D eigenvalue weighted by atomic mass is 10.1. The van der Waals surface area contributed by atoms with Crippen LogP contribution in [-0.4, -0.2) is 34.3 Å². The van der Waals surface area contributed by atoms with Gasteiger partial charge in [-0.1, -0.05) is 23.7 Å². The number of phenolic OH excluding ortho intramolecular Hbond substituents is 1. The molecule has 0 aliphatic carbocycles. The van der Waals surface area contributed by atoms with Crippen LogP contribution in [0.3, 0.4) is 0 Å². The Labute approximate surface area is 148 Å². The average molecular weight is 359 g/mol. The third kappa shape index (κ3) is 3.35. The van der Waals surface area contributed by atoms with Crippen LogP contribution in [0.15, 0.2) is 48.7 Å². The van der Waals surface area contributed by atoms with Gasteiger partial charge in [0.25, 0.3) is 0 Å². The highest BCUT2D eigenvalue weighted by Crippen LogP contribution is 2.36. The number of carbonyl (C=O) groups is 1. The number of aliphatic hydroxyl groups is 1. The van der Waals surface area contributed by atoms with Crippen LogP contribution in [0.2, 0.25) is 5.02 Å². The Kier molecular flexibility index (Phi) is 4.74. The van der Waals surface area contributed by atoms with E-state index in [9.17, 15) is 15.0 Å². The molecule has 2 aromatic carbocycles. The van der Waals surface area contributed by atoms with Crippen LogP contribution in [0.4, 0.5) is 5.69 Å². The molecular weight excluding hydrogens is 344 g/mol. The van der Waals surface area contributed by atoms with E-state index in [0.29, 0.717) is 16.2 Å². The molecule has 1 atom stereocenters. The molecule has 3 N–H and O–H groups in total. The molecule has 0 radical (unpaired) electrons. The van der Waals surface area contributed by atoms with Gasteiger partial charge in [-0.05, 0) is 30.3 Å². The van der Waals surface area contributed by atoms with Crippen LogP contribution in [0.1, 0.15) is 10.4 Å². The molecule has 0 amide bonds. The fraction of sp³-hybridized carbons (Fsp3) is 0.111. The molecule has 0 bridgehead atoms. The summed E-state index contributed by atoms with van der Waals surface area (Å²) < 4.78 is 5.07. The first kappa shape index (κ1) is 17.0. The zero-order valence-electron chi connectivity index (χ0n) is 13.2. The number of benzene rings is 2. The number of phenols is 1. The normalized spacial score (nSPS) is 12.0. The number of aromatic nitrogens is 1. The van der Waals surface area contributed by atoms with E-state index in [1.165, 1.54) is 25.4 Å². The highest BCUT2D eigenvalue weighted by molar-refractivity contribution is 6.36. The Balaban J connectivity index is 1.90. The molecule has 128 valence electrons. The summed E-state index contributed by atoms with van der Waals surface area (Å²) in [5.74, 6) is -0.271. The van der Waals surface area contributed by atoms with Gasteiger partial charge in [0, 0.05) is 17.1 Å². The summed E-state index contributed by atoms with van der Waals surface area (Å²) in [6, 6.07) is 11.3. The topological polar surface area (TPSA) is 91.7 Å². The number of Topliss-reactive ketones (excluding diaryl/α,β-unsaturated/α-hetero) is 1. The number of nitrogens with zero attached hydrogens (tertiary/aromatic N) is 1. The summed E-state index contributed by atoms with van der Waals surface area (Å²) in [7, 11) is 1.49. The number of rotatable bonds is 5. The minimum absolute atomic E-state index is 0.111. The first-order valence-electron chi connectivity index (χ1n) is 7.40. The van der Waals surface area contributed by atoms with E-state index in [-0.39, 0.29) is 22.5 Å². The molecule has 0 saturated carbocycles. The molecule has 1 unspecified atom stereocenters. The molecule has 0 saturated heterocycles. The Morgan fingerprint density at radius 2 is 2.08 bits per heavy atom. The van der Waals surface area contributed by atoms with Gasteiger partial charge < -0.3 is 20.3 Å². The second-order valence-corrected chi connectivity index (χ2v) is 5.70. The lowest BCUT2D eigenvalue weighted by molar-refractivity contribution is 0.0793. The smallest absolute Gasteiger partial charge is 0.211 e. The van der Waals surface area contributed by atoms with Crippen molar-refractivity contribution in [3.05, 3.63) is 59.2 Å². The van der Waals surface area contributed by atoms with Crippen molar-refractivity contribution < 1.29 is 19.7 Å². The number of halogens is 1. The van der Waals surface area contributed by atoms with Crippen LogP contribution in [-0.2, 0) is 0 Å². The van der Waals surface area contributed by atoms with Crippen LogP contribution in [0, 0.1) is 0 Å². The van der Waals surface area contributed by atoms with E-state index in [1.807, 2.05) is 0 Å². The molecule has 0 fully saturated rings. The summed E-state index contributed by atoms with van der Waals surface area (Å²) >= 11 is 6.18. The number of anilines is 1. The summed E-state index contributed by atoms with van der Waals surface area (Å²) in [4.78, 5) is 16.5. The Hall–Kier alpha value is -2.83. The number of nitrogens with one attached hydrogen (secondary N) is 1. The summed E-state index contributed by atoms with van der Waals surface area (Å²) in [5.41, 5.74) is 0.655. The van der Waals surface area contributed by atoms with Crippen LogP contribution >= 0.6 is 11.6 Å². The summed E-state index contributed by atoms with van der Waals surface area (Å²) in [5, 5.41) is 24.0. The highest BCUT2D eigenvalue weighted by Gasteiger charge is 2.20. The number of aliphatic hydroxyl groups excluding tert-OH is 1. The maximum absolute atomic E-state index is 12.4. The number of ketones is 1. The SMILES string of the molecule is COc1cccc(C(=O)C(O)Nc2cc(Cl)c3cccnc3c2O)c1. The maximum atomic E-state index is 12.4. The van der Waals surface area contributed by atoms with E-state index in [2.05, 4.69) is 10.3 Å². The minimum atomic E-state index is -1.57. The van der Waals surface area contributed by atoms with Crippen molar-refractivity contribution in [2.75, 3.05) is 12.4 Å². The quantitative estimate of drug-likeness (QED) is 0.368. The Morgan fingerprint density at radius 3 is 2.84 bits per heavy atom. The van der Waals surface area contributed by atoms with E-state index in [4.69, 9.17) is 16.3 Å². The fourth-order valence-electron chi connectivity index (χ4n) is 2.44. The van der Waals surface area contributed by atoms with Crippen molar-refractivity contribution in [3.8, 4) is 11.5 Å². The van der Waals surface area contributed by atoms with Crippen LogP contribution < -0.4 is 10.1 Å². The number of methoxy groups -OCH3 is 1. The van der Waals surface area contributed by atoms with Crippen molar-refractivity contribution in [1.82, 2.24) is 4.98 Å². The Morgan fingerprint density at radius 1 is 1.28 bits per heavy atom. The van der Waals surface area contributed by atoms with Gasteiger partial charge in [0.2, 0.25) is 5.78 Å². The average Bonchev–Trinajstić information content (AvgIpc) is 2.65. The molecular formula is C18H15ClN2O4. The molecule has 0 spiro atoms. The van der Waals surface area contributed by atoms with Crippen molar-refractivity contribution >= 4 is 34.0 Å². The molecule has 1 heterocycles. The maximum Gasteiger partial charge on any atom is 0.211 e.